The lowest BCUT2D eigenvalue weighted by molar-refractivity contribution is 0.461. The summed E-state index contributed by atoms with van der Waals surface area (Å²) in [5, 5.41) is 21.3. The van der Waals surface area contributed by atoms with Crippen LogP contribution < -0.4 is 6.15 Å². The van der Waals surface area contributed by atoms with Crippen LogP contribution in [0.5, 0.6) is 11.5 Å². The Balaban J connectivity index is 0.00000380. The highest BCUT2D eigenvalue weighted by Gasteiger charge is 2.21. The van der Waals surface area contributed by atoms with E-state index in [4.69, 9.17) is 0 Å². The second-order valence-corrected chi connectivity index (χ2v) is 12.1. The number of rotatable bonds is 7. The summed E-state index contributed by atoms with van der Waals surface area (Å²) in [6.45, 7) is 3.77. The standard InChI is InChI=1S/C27H26O7S2.H3N/c1-3-17(2)27-24-15-18(4-5-19(24)6-13-26(27)36(32,33)34)14-20-16-23(11-12-25(20)29)35(30,31)22-9-7-21(28)8-10-22;/h4-13,15-17,28-29H,3,14H2,1-2H3,(H,32,33,34);1H3. The summed E-state index contributed by atoms with van der Waals surface area (Å²) in [5.41, 5.74) is 1.54. The number of hydrogen-bond acceptors (Lipinski definition) is 7. The SMILES string of the molecule is CCC(C)c1c(S(=O)(=O)[O-])ccc2ccc(Cc3cc(S(=O)(=O)c4ccc(O)cc4)ccc3O)cc12.[NH4+]. The molecule has 0 amide bonds. The third-order valence-electron chi connectivity index (χ3n) is 6.36. The van der Waals surface area contributed by atoms with Gasteiger partial charge in [0, 0.05) is 6.42 Å². The molecular weight excluding hydrogens is 514 g/mol. The summed E-state index contributed by atoms with van der Waals surface area (Å²) in [4.78, 5) is -0.250. The van der Waals surface area contributed by atoms with E-state index in [1.54, 1.807) is 12.1 Å². The molecule has 0 heterocycles. The van der Waals surface area contributed by atoms with Gasteiger partial charge in [0.15, 0.2) is 0 Å². The Kier molecular flexibility index (Phi) is 7.99. The number of aromatic hydroxyl groups is 2. The number of sulfone groups is 1. The molecule has 1 atom stereocenters. The van der Waals surface area contributed by atoms with Crippen LogP contribution in [0.15, 0.2) is 87.5 Å². The summed E-state index contributed by atoms with van der Waals surface area (Å²) in [7, 11) is -8.57. The minimum absolute atomic E-state index is 0. The lowest BCUT2D eigenvalue weighted by atomic mass is 9.91. The van der Waals surface area contributed by atoms with Crippen LogP contribution in [0.4, 0.5) is 0 Å². The molecule has 10 heteroatoms. The fraction of sp³-hybridized carbons (Fsp3) is 0.185. The molecule has 0 fully saturated rings. The number of fused-ring (bicyclic) bond motifs is 1. The largest absolute Gasteiger partial charge is 0.744 e. The Morgan fingerprint density at radius 2 is 1.46 bits per heavy atom. The van der Waals surface area contributed by atoms with Gasteiger partial charge in [-0.05, 0) is 88.3 Å². The van der Waals surface area contributed by atoms with Crippen molar-refractivity contribution in [2.45, 2.75) is 47.3 Å². The lowest BCUT2D eigenvalue weighted by Gasteiger charge is -2.20. The molecule has 6 N–H and O–H groups in total. The van der Waals surface area contributed by atoms with Gasteiger partial charge in [0.2, 0.25) is 9.84 Å². The average molecular weight is 544 g/mol. The van der Waals surface area contributed by atoms with E-state index >= 15 is 0 Å². The molecule has 4 rings (SSSR count). The molecule has 0 spiro atoms. The third kappa shape index (κ3) is 5.62. The van der Waals surface area contributed by atoms with Crippen molar-refractivity contribution in [2.24, 2.45) is 0 Å². The molecule has 0 aromatic heterocycles. The van der Waals surface area contributed by atoms with Gasteiger partial charge in [-0.2, -0.15) is 0 Å². The minimum atomic E-state index is -4.68. The maximum absolute atomic E-state index is 13.1. The van der Waals surface area contributed by atoms with Crippen LogP contribution in [0.2, 0.25) is 0 Å². The Hall–Kier alpha value is -3.44. The van der Waals surface area contributed by atoms with Crippen molar-refractivity contribution in [1.29, 1.82) is 0 Å². The smallest absolute Gasteiger partial charge is 0.206 e. The first-order valence-corrected chi connectivity index (χ1v) is 14.2. The number of phenols is 2. The minimum Gasteiger partial charge on any atom is -0.744 e. The highest BCUT2D eigenvalue weighted by atomic mass is 32.2. The van der Waals surface area contributed by atoms with E-state index in [2.05, 4.69) is 0 Å². The molecule has 0 radical (unpaired) electrons. The van der Waals surface area contributed by atoms with E-state index in [-0.39, 0.29) is 44.7 Å². The van der Waals surface area contributed by atoms with Crippen molar-refractivity contribution in [1.82, 2.24) is 6.15 Å². The van der Waals surface area contributed by atoms with Crippen molar-refractivity contribution in [3.63, 3.8) is 0 Å². The zero-order chi connectivity index (χ0) is 26.3. The van der Waals surface area contributed by atoms with E-state index in [1.807, 2.05) is 26.0 Å². The van der Waals surface area contributed by atoms with Crippen LogP contribution in [-0.2, 0) is 26.4 Å². The summed E-state index contributed by atoms with van der Waals surface area (Å²) in [5.74, 6) is -0.325. The molecule has 0 aliphatic heterocycles. The second kappa shape index (κ2) is 10.5. The first-order chi connectivity index (χ1) is 16.9. The van der Waals surface area contributed by atoms with Gasteiger partial charge in [0.25, 0.3) is 0 Å². The van der Waals surface area contributed by atoms with Crippen LogP contribution in [0, 0.1) is 0 Å². The normalized spacial score (nSPS) is 12.7. The maximum Gasteiger partial charge on any atom is 0.206 e. The highest BCUT2D eigenvalue weighted by molar-refractivity contribution is 7.91. The molecule has 0 saturated carbocycles. The van der Waals surface area contributed by atoms with Gasteiger partial charge in [-0.15, -0.1) is 0 Å². The third-order valence-corrected chi connectivity index (χ3v) is 9.03. The fourth-order valence-electron chi connectivity index (χ4n) is 4.26. The van der Waals surface area contributed by atoms with Crippen molar-refractivity contribution < 1.29 is 31.6 Å². The van der Waals surface area contributed by atoms with E-state index in [0.717, 1.165) is 5.39 Å². The van der Waals surface area contributed by atoms with E-state index < -0.39 is 20.0 Å². The van der Waals surface area contributed by atoms with E-state index in [1.165, 1.54) is 48.5 Å². The predicted molar refractivity (Wildman–Crippen MR) is 141 cm³/mol. The molecule has 0 bridgehead atoms. The van der Waals surface area contributed by atoms with Crippen LogP contribution in [-0.4, -0.2) is 31.6 Å². The summed E-state index contributed by atoms with van der Waals surface area (Å²) < 4.78 is 62.0. The summed E-state index contributed by atoms with van der Waals surface area (Å²) in [6.07, 6.45) is 0.804. The van der Waals surface area contributed by atoms with Gasteiger partial charge in [0.1, 0.15) is 21.6 Å². The number of phenolic OH excluding ortho intramolecular Hbond substituents is 2. The van der Waals surface area contributed by atoms with Crippen LogP contribution in [0.1, 0.15) is 42.9 Å². The fourth-order valence-corrected chi connectivity index (χ4v) is 6.39. The van der Waals surface area contributed by atoms with Crippen molar-refractivity contribution in [3.8, 4) is 11.5 Å². The first kappa shape index (κ1) is 28.1. The second-order valence-electron chi connectivity index (χ2n) is 8.76. The van der Waals surface area contributed by atoms with E-state index in [0.29, 0.717) is 28.5 Å². The van der Waals surface area contributed by atoms with Gasteiger partial charge >= 0.3 is 0 Å². The van der Waals surface area contributed by atoms with Gasteiger partial charge in [-0.3, -0.25) is 0 Å². The molecule has 37 heavy (non-hydrogen) atoms. The number of benzene rings is 4. The highest BCUT2D eigenvalue weighted by Crippen LogP contribution is 2.35. The predicted octanol–water partition coefficient (Wildman–Crippen LogP) is 5.47. The lowest BCUT2D eigenvalue weighted by Crippen LogP contribution is -2.07. The van der Waals surface area contributed by atoms with E-state index in [9.17, 15) is 31.6 Å². The summed E-state index contributed by atoms with van der Waals surface area (Å²) in [6, 6.07) is 17.6. The Bertz CT molecular complexity index is 1660. The Morgan fingerprint density at radius 3 is 2.08 bits per heavy atom. The van der Waals surface area contributed by atoms with Crippen LogP contribution in [0.3, 0.4) is 0 Å². The Labute approximate surface area is 216 Å². The monoisotopic (exact) mass is 543 g/mol. The first-order valence-electron chi connectivity index (χ1n) is 11.3. The zero-order valence-electron chi connectivity index (χ0n) is 20.7. The van der Waals surface area contributed by atoms with Crippen molar-refractivity contribution in [2.75, 3.05) is 0 Å². The molecule has 8 nitrogen and oxygen atoms in total. The average Bonchev–Trinajstić information content (AvgIpc) is 2.83. The van der Waals surface area contributed by atoms with Crippen LogP contribution in [0.25, 0.3) is 10.8 Å². The van der Waals surface area contributed by atoms with Crippen LogP contribution >= 0.6 is 0 Å². The molecule has 0 aliphatic carbocycles. The molecule has 0 saturated heterocycles. The molecular formula is C27H29NO7S2. The molecule has 196 valence electrons. The molecule has 4 aromatic rings. The Morgan fingerprint density at radius 1 is 0.838 bits per heavy atom. The number of quaternary nitrogens is 1. The van der Waals surface area contributed by atoms with Crippen molar-refractivity contribution >= 4 is 30.7 Å². The van der Waals surface area contributed by atoms with Gasteiger partial charge in [-0.1, -0.05) is 38.1 Å². The maximum atomic E-state index is 13.1. The topological polar surface area (TPSA) is 168 Å². The quantitative estimate of drug-likeness (QED) is 0.260. The molecule has 0 aliphatic rings. The van der Waals surface area contributed by atoms with Gasteiger partial charge in [-0.25, -0.2) is 16.8 Å². The molecule has 4 aromatic carbocycles. The van der Waals surface area contributed by atoms with Gasteiger partial charge in [0.05, 0.1) is 14.7 Å². The van der Waals surface area contributed by atoms with Gasteiger partial charge < -0.3 is 20.9 Å². The van der Waals surface area contributed by atoms with Crippen molar-refractivity contribution in [3.05, 3.63) is 89.5 Å². The zero-order valence-corrected chi connectivity index (χ0v) is 22.3. The number of hydrogen-bond donors (Lipinski definition) is 3. The summed E-state index contributed by atoms with van der Waals surface area (Å²) >= 11 is 0. The molecule has 1 unspecified atom stereocenters.